The smallest absolute Gasteiger partial charge is 0.229 e. The molecule has 0 amide bonds. The first-order chi connectivity index (χ1) is 10.5. The SMILES string of the molecule is CS(=O)(=O)N1CCC(CCc2noc(C3CCOCC3)n2)C1. The maximum absolute atomic E-state index is 11.5. The summed E-state index contributed by atoms with van der Waals surface area (Å²) >= 11 is 0. The normalized spacial score (nSPS) is 24.9. The van der Waals surface area contributed by atoms with Gasteiger partial charge >= 0.3 is 0 Å². The van der Waals surface area contributed by atoms with Crippen LogP contribution in [0.5, 0.6) is 0 Å². The van der Waals surface area contributed by atoms with Crippen molar-refractivity contribution in [1.82, 2.24) is 14.4 Å². The maximum Gasteiger partial charge on any atom is 0.229 e. The Morgan fingerprint density at radius 1 is 1.27 bits per heavy atom. The van der Waals surface area contributed by atoms with E-state index >= 15 is 0 Å². The third-order valence-electron chi connectivity index (χ3n) is 4.55. The Kier molecular flexibility index (Phi) is 4.79. The lowest BCUT2D eigenvalue weighted by atomic mass is 10.0. The molecule has 0 aliphatic carbocycles. The molecule has 1 atom stereocenters. The van der Waals surface area contributed by atoms with E-state index in [1.807, 2.05) is 0 Å². The van der Waals surface area contributed by atoms with Crippen molar-refractivity contribution in [3.63, 3.8) is 0 Å². The van der Waals surface area contributed by atoms with E-state index in [2.05, 4.69) is 10.1 Å². The predicted octanol–water partition coefficient (Wildman–Crippen LogP) is 1.18. The van der Waals surface area contributed by atoms with E-state index in [1.165, 1.54) is 6.26 Å². The van der Waals surface area contributed by atoms with Gasteiger partial charge in [-0.1, -0.05) is 5.16 Å². The highest BCUT2D eigenvalue weighted by atomic mass is 32.2. The second-order valence-electron chi connectivity index (χ2n) is 6.25. The van der Waals surface area contributed by atoms with Crippen molar-refractivity contribution in [2.45, 2.75) is 38.0 Å². The summed E-state index contributed by atoms with van der Waals surface area (Å²) in [6.07, 6.45) is 5.71. The number of aromatic nitrogens is 2. The highest BCUT2D eigenvalue weighted by Gasteiger charge is 2.28. The van der Waals surface area contributed by atoms with Crippen LogP contribution in [0.3, 0.4) is 0 Å². The molecule has 0 saturated carbocycles. The molecule has 0 N–H and O–H groups in total. The molecule has 124 valence electrons. The number of hydrogen-bond acceptors (Lipinski definition) is 6. The van der Waals surface area contributed by atoms with Crippen LogP contribution in [0, 0.1) is 5.92 Å². The molecule has 0 bridgehead atoms. The monoisotopic (exact) mass is 329 g/mol. The van der Waals surface area contributed by atoms with Crippen LogP contribution in [-0.2, 0) is 21.2 Å². The Morgan fingerprint density at radius 2 is 2.05 bits per heavy atom. The van der Waals surface area contributed by atoms with Crippen LogP contribution >= 0.6 is 0 Å². The van der Waals surface area contributed by atoms with Gasteiger partial charge in [0.1, 0.15) is 0 Å². The first-order valence-corrected chi connectivity index (χ1v) is 9.72. The predicted molar refractivity (Wildman–Crippen MR) is 79.9 cm³/mol. The zero-order chi connectivity index (χ0) is 15.6. The summed E-state index contributed by atoms with van der Waals surface area (Å²) < 4.78 is 35.3. The Hall–Kier alpha value is -0.990. The van der Waals surface area contributed by atoms with Gasteiger partial charge in [-0.25, -0.2) is 12.7 Å². The average Bonchev–Trinajstić information content (AvgIpc) is 3.15. The van der Waals surface area contributed by atoms with Crippen LogP contribution in [0.4, 0.5) is 0 Å². The summed E-state index contributed by atoms with van der Waals surface area (Å²) in [5.74, 6) is 2.17. The van der Waals surface area contributed by atoms with E-state index in [9.17, 15) is 8.42 Å². The summed E-state index contributed by atoms with van der Waals surface area (Å²) in [6, 6.07) is 0. The molecule has 2 fully saturated rings. The lowest BCUT2D eigenvalue weighted by molar-refractivity contribution is 0.0778. The van der Waals surface area contributed by atoms with E-state index in [-0.39, 0.29) is 0 Å². The number of rotatable bonds is 5. The van der Waals surface area contributed by atoms with E-state index in [1.54, 1.807) is 4.31 Å². The van der Waals surface area contributed by atoms with Gasteiger partial charge in [-0.3, -0.25) is 0 Å². The number of sulfonamides is 1. The van der Waals surface area contributed by atoms with Crippen LogP contribution in [0.25, 0.3) is 0 Å². The number of aryl methyl sites for hydroxylation is 1. The van der Waals surface area contributed by atoms with E-state index in [4.69, 9.17) is 9.26 Å². The second-order valence-corrected chi connectivity index (χ2v) is 8.23. The van der Waals surface area contributed by atoms with E-state index in [0.717, 1.165) is 57.0 Å². The molecule has 8 heteroatoms. The van der Waals surface area contributed by atoms with Gasteiger partial charge in [-0.15, -0.1) is 0 Å². The van der Waals surface area contributed by atoms with Crippen molar-refractivity contribution < 1.29 is 17.7 Å². The minimum Gasteiger partial charge on any atom is -0.381 e. The molecule has 1 aromatic rings. The van der Waals surface area contributed by atoms with Crippen molar-refractivity contribution in [2.24, 2.45) is 5.92 Å². The maximum atomic E-state index is 11.5. The molecule has 0 spiro atoms. The lowest BCUT2D eigenvalue weighted by Crippen LogP contribution is -2.27. The Bertz CT molecular complexity index is 595. The topological polar surface area (TPSA) is 85.5 Å². The molecular formula is C14H23N3O4S. The molecule has 22 heavy (non-hydrogen) atoms. The zero-order valence-electron chi connectivity index (χ0n) is 12.9. The zero-order valence-corrected chi connectivity index (χ0v) is 13.7. The van der Waals surface area contributed by atoms with Crippen molar-refractivity contribution in [2.75, 3.05) is 32.6 Å². The molecule has 3 heterocycles. The van der Waals surface area contributed by atoms with Crippen molar-refractivity contribution in [1.29, 1.82) is 0 Å². The summed E-state index contributed by atoms with van der Waals surface area (Å²) in [4.78, 5) is 4.50. The minimum absolute atomic E-state index is 0.321. The van der Waals surface area contributed by atoms with Gasteiger partial charge in [0.15, 0.2) is 5.82 Å². The first kappa shape index (κ1) is 15.9. The highest BCUT2D eigenvalue weighted by molar-refractivity contribution is 7.88. The van der Waals surface area contributed by atoms with Crippen LogP contribution < -0.4 is 0 Å². The summed E-state index contributed by atoms with van der Waals surface area (Å²) in [5, 5.41) is 4.06. The Morgan fingerprint density at radius 3 is 2.73 bits per heavy atom. The molecule has 7 nitrogen and oxygen atoms in total. The van der Waals surface area contributed by atoms with Crippen molar-refractivity contribution in [3.05, 3.63) is 11.7 Å². The summed E-state index contributed by atoms with van der Waals surface area (Å²) in [5.41, 5.74) is 0. The highest BCUT2D eigenvalue weighted by Crippen LogP contribution is 2.26. The van der Waals surface area contributed by atoms with Gasteiger partial charge in [0.2, 0.25) is 15.9 Å². The molecule has 2 aliphatic heterocycles. The molecule has 2 saturated heterocycles. The van der Waals surface area contributed by atoms with Gasteiger partial charge < -0.3 is 9.26 Å². The van der Waals surface area contributed by atoms with E-state index < -0.39 is 10.0 Å². The van der Waals surface area contributed by atoms with Crippen LogP contribution in [0.2, 0.25) is 0 Å². The fourth-order valence-electron chi connectivity index (χ4n) is 3.15. The number of ether oxygens (including phenoxy) is 1. The Balaban J connectivity index is 1.49. The van der Waals surface area contributed by atoms with E-state index in [0.29, 0.717) is 24.9 Å². The van der Waals surface area contributed by atoms with Crippen LogP contribution in [-0.4, -0.2) is 55.4 Å². The minimum atomic E-state index is -3.06. The summed E-state index contributed by atoms with van der Waals surface area (Å²) in [7, 11) is -3.06. The van der Waals surface area contributed by atoms with Crippen LogP contribution in [0.1, 0.15) is 43.3 Å². The molecule has 3 rings (SSSR count). The lowest BCUT2D eigenvalue weighted by Gasteiger charge is -2.17. The average molecular weight is 329 g/mol. The largest absolute Gasteiger partial charge is 0.381 e. The Labute approximate surface area is 131 Å². The fourth-order valence-corrected chi connectivity index (χ4v) is 4.07. The molecule has 1 unspecified atom stereocenters. The van der Waals surface area contributed by atoms with Gasteiger partial charge in [-0.2, -0.15) is 4.98 Å². The van der Waals surface area contributed by atoms with Crippen molar-refractivity contribution in [3.8, 4) is 0 Å². The third kappa shape index (κ3) is 3.85. The fraction of sp³-hybridized carbons (Fsp3) is 0.857. The number of nitrogens with zero attached hydrogens (tertiary/aromatic N) is 3. The van der Waals surface area contributed by atoms with Gasteiger partial charge in [0.25, 0.3) is 0 Å². The summed E-state index contributed by atoms with van der Waals surface area (Å²) in [6.45, 7) is 2.75. The van der Waals surface area contributed by atoms with Gasteiger partial charge in [-0.05, 0) is 31.6 Å². The molecular weight excluding hydrogens is 306 g/mol. The standard InChI is InChI=1S/C14H23N3O4S/c1-22(18,19)17-7-4-11(10-17)2-3-13-15-14(21-16-13)12-5-8-20-9-6-12/h11-12H,2-10H2,1H3. The first-order valence-electron chi connectivity index (χ1n) is 7.87. The molecule has 0 radical (unpaired) electrons. The molecule has 1 aromatic heterocycles. The molecule has 0 aromatic carbocycles. The van der Waals surface area contributed by atoms with Crippen LogP contribution in [0.15, 0.2) is 4.52 Å². The number of hydrogen-bond donors (Lipinski definition) is 0. The van der Waals surface area contributed by atoms with Gasteiger partial charge in [0, 0.05) is 38.6 Å². The van der Waals surface area contributed by atoms with Crippen molar-refractivity contribution >= 4 is 10.0 Å². The second kappa shape index (κ2) is 6.64. The third-order valence-corrected chi connectivity index (χ3v) is 5.82. The van der Waals surface area contributed by atoms with Gasteiger partial charge in [0.05, 0.1) is 6.26 Å². The quantitative estimate of drug-likeness (QED) is 0.806. The molecule has 2 aliphatic rings.